The first kappa shape index (κ1) is 18.2. The van der Waals surface area contributed by atoms with Crippen LogP contribution in [0.1, 0.15) is 38.4 Å². The molecule has 0 radical (unpaired) electrons. The van der Waals surface area contributed by atoms with Crippen molar-refractivity contribution in [3.05, 3.63) is 48.3 Å². The number of aromatic nitrogens is 1. The van der Waals surface area contributed by atoms with Gasteiger partial charge in [-0.1, -0.05) is 0 Å². The Hall–Kier alpha value is -2.60. The zero-order chi connectivity index (χ0) is 18.7. The molecule has 1 aliphatic rings. The summed E-state index contributed by atoms with van der Waals surface area (Å²) in [5.41, 5.74) is 2.69. The van der Waals surface area contributed by atoms with E-state index in [4.69, 9.17) is 0 Å². The topological polar surface area (TPSA) is 66.4 Å². The Balaban J connectivity index is 1.65. The van der Waals surface area contributed by atoms with E-state index in [0.717, 1.165) is 25.1 Å². The minimum atomic E-state index is -0.215. The van der Waals surface area contributed by atoms with Crippen molar-refractivity contribution in [1.29, 1.82) is 0 Å². The Morgan fingerprint density at radius 1 is 1.12 bits per heavy atom. The number of carbonyl (C=O) groups is 2. The van der Waals surface area contributed by atoms with Gasteiger partial charge in [-0.2, -0.15) is 0 Å². The zero-order valence-electron chi connectivity index (χ0n) is 15.5. The van der Waals surface area contributed by atoms with Crippen molar-refractivity contribution in [3.8, 4) is 0 Å². The van der Waals surface area contributed by atoms with E-state index >= 15 is 0 Å². The van der Waals surface area contributed by atoms with E-state index in [1.807, 2.05) is 26.2 Å². The summed E-state index contributed by atoms with van der Waals surface area (Å²) in [4.78, 5) is 26.1. The molecular formula is C20H26N4O2. The number of rotatable bonds is 5. The van der Waals surface area contributed by atoms with Gasteiger partial charge in [0.2, 0.25) is 11.8 Å². The lowest BCUT2D eigenvalue weighted by Crippen LogP contribution is -2.42. The summed E-state index contributed by atoms with van der Waals surface area (Å²) >= 11 is 0. The molecule has 2 amide bonds. The highest BCUT2D eigenvalue weighted by Crippen LogP contribution is 2.33. The minimum absolute atomic E-state index is 0.0154. The molecule has 138 valence electrons. The van der Waals surface area contributed by atoms with Crippen LogP contribution in [-0.2, 0) is 16.6 Å². The fourth-order valence-corrected chi connectivity index (χ4v) is 3.63. The summed E-state index contributed by atoms with van der Waals surface area (Å²) in [5.74, 6) is -0.130. The van der Waals surface area contributed by atoms with E-state index in [1.165, 1.54) is 12.6 Å². The van der Waals surface area contributed by atoms with Crippen LogP contribution in [0.2, 0.25) is 0 Å². The second kappa shape index (κ2) is 7.74. The molecule has 2 aromatic rings. The number of likely N-dealkylation sites (tertiary alicyclic amines) is 1. The molecule has 6 heteroatoms. The number of hydrogen-bond donors (Lipinski definition) is 2. The molecule has 0 bridgehead atoms. The molecule has 2 atom stereocenters. The predicted molar refractivity (Wildman–Crippen MR) is 103 cm³/mol. The number of hydrogen-bond acceptors (Lipinski definition) is 3. The molecule has 1 saturated heterocycles. The average Bonchev–Trinajstić information content (AvgIpc) is 3.23. The molecule has 3 rings (SSSR count). The maximum absolute atomic E-state index is 12.7. The molecule has 26 heavy (non-hydrogen) atoms. The highest BCUT2D eigenvalue weighted by Gasteiger charge is 2.34. The van der Waals surface area contributed by atoms with Crippen LogP contribution in [0.15, 0.2) is 42.6 Å². The molecule has 6 nitrogen and oxygen atoms in total. The van der Waals surface area contributed by atoms with Crippen LogP contribution in [0.25, 0.3) is 0 Å². The number of nitrogens with zero attached hydrogens (tertiary/aromatic N) is 2. The molecule has 2 N–H and O–H groups in total. The fraction of sp³-hybridized carbons (Fsp3) is 0.400. The summed E-state index contributed by atoms with van der Waals surface area (Å²) in [7, 11) is 2.05. The molecule has 0 aliphatic carbocycles. The van der Waals surface area contributed by atoms with Crippen LogP contribution >= 0.6 is 0 Å². The number of benzene rings is 1. The fourth-order valence-electron chi connectivity index (χ4n) is 3.63. The van der Waals surface area contributed by atoms with Gasteiger partial charge in [-0.25, -0.2) is 0 Å². The molecular weight excluding hydrogens is 328 g/mol. The average molecular weight is 354 g/mol. The SMILES string of the molecule is CC(=O)Nc1ccc(NC(=O)[C@@H](C)N2CCC[C@@H]2c2cccn2C)cc1. The van der Waals surface area contributed by atoms with E-state index < -0.39 is 0 Å². The smallest absolute Gasteiger partial charge is 0.241 e. The minimum Gasteiger partial charge on any atom is -0.353 e. The molecule has 0 unspecified atom stereocenters. The van der Waals surface area contributed by atoms with Gasteiger partial charge < -0.3 is 15.2 Å². The van der Waals surface area contributed by atoms with Gasteiger partial charge in [0.05, 0.1) is 12.1 Å². The lowest BCUT2D eigenvalue weighted by Gasteiger charge is -2.30. The van der Waals surface area contributed by atoms with Crippen LogP contribution < -0.4 is 10.6 Å². The lowest BCUT2D eigenvalue weighted by molar-refractivity contribution is -0.121. The van der Waals surface area contributed by atoms with Crippen molar-refractivity contribution in [1.82, 2.24) is 9.47 Å². The lowest BCUT2D eigenvalue weighted by atomic mass is 10.1. The van der Waals surface area contributed by atoms with Crippen LogP contribution in [0, 0.1) is 0 Å². The van der Waals surface area contributed by atoms with Crippen LogP contribution in [0.4, 0.5) is 11.4 Å². The van der Waals surface area contributed by atoms with Crippen LogP contribution in [0.3, 0.4) is 0 Å². The first-order valence-electron chi connectivity index (χ1n) is 9.01. The maximum atomic E-state index is 12.7. The summed E-state index contributed by atoms with van der Waals surface area (Å²) in [5, 5.41) is 5.70. The molecule has 1 fully saturated rings. The highest BCUT2D eigenvalue weighted by atomic mass is 16.2. The molecule has 0 spiro atoms. The van der Waals surface area contributed by atoms with Crippen molar-refractivity contribution in [2.75, 3.05) is 17.2 Å². The third-order valence-electron chi connectivity index (χ3n) is 4.97. The van der Waals surface area contributed by atoms with E-state index in [2.05, 4.69) is 26.2 Å². The van der Waals surface area contributed by atoms with Gasteiger partial charge in [0.25, 0.3) is 0 Å². The van der Waals surface area contributed by atoms with Crippen molar-refractivity contribution in [3.63, 3.8) is 0 Å². The Bertz CT molecular complexity index is 781. The molecule has 1 aromatic heterocycles. The van der Waals surface area contributed by atoms with E-state index in [1.54, 1.807) is 24.3 Å². The van der Waals surface area contributed by atoms with Gasteiger partial charge in [0.1, 0.15) is 0 Å². The van der Waals surface area contributed by atoms with E-state index in [0.29, 0.717) is 5.69 Å². The summed E-state index contributed by atoms with van der Waals surface area (Å²) < 4.78 is 2.13. The van der Waals surface area contributed by atoms with Gasteiger partial charge in [-0.05, 0) is 62.7 Å². The monoisotopic (exact) mass is 354 g/mol. The Morgan fingerprint density at radius 2 is 1.77 bits per heavy atom. The largest absolute Gasteiger partial charge is 0.353 e. The number of amides is 2. The molecule has 2 heterocycles. The van der Waals surface area contributed by atoms with Crippen molar-refractivity contribution in [2.45, 2.75) is 38.8 Å². The number of carbonyl (C=O) groups excluding carboxylic acids is 2. The van der Waals surface area contributed by atoms with E-state index in [-0.39, 0.29) is 23.9 Å². The Kier molecular flexibility index (Phi) is 5.42. The number of nitrogens with one attached hydrogen (secondary N) is 2. The van der Waals surface area contributed by atoms with Gasteiger partial charge in [0.15, 0.2) is 0 Å². The van der Waals surface area contributed by atoms with Gasteiger partial charge in [-0.15, -0.1) is 0 Å². The predicted octanol–water partition coefficient (Wildman–Crippen LogP) is 3.15. The first-order chi connectivity index (χ1) is 12.5. The summed E-state index contributed by atoms with van der Waals surface area (Å²) in [6.07, 6.45) is 4.22. The second-order valence-corrected chi connectivity index (χ2v) is 6.86. The molecule has 1 aliphatic heterocycles. The maximum Gasteiger partial charge on any atom is 0.241 e. The third kappa shape index (κ3) is 3.96. The second-order valence-electron chi connectivity index (χ2n) is 6.86. The van der Waals surface area contributed by atoms with Crippen molar-refractivity contribution < 1.29 is 9.59 Å². The Morgan fingerprint density at radius 3 is 2.35 bits per heavy atom. The summed E-state index contributed by atoms with van der Waals surface area (Å²) in [6, 6.07) is 11.4. The normalized spacial score (nSPS) is 18.5. The standard InChI is InChI=1S/C20H26N4O2/c1-14(24-13-5-7-19(24)18-6-4-12-23(18)3)20(26)22-17-10-8-16(9-11-17)21-15(2)25/h4,6,8-12,14,19H,5,7,13H2,1-3H3,(H,21,25)(H,22,26)/t14-,19-/m1/s1. The quantitative estimate of drug-likeness (QED) is 0.867. The zero-order valence-corrected chi connectivity index (χ0v) is 15.5. The van der Waals surface area contributed by atoms with Gasteiger partial charge in [0, 0.05) is 37.2 Å². The van der Waals surface area contributed by atoms with Crippen LogP contribution in [-0.4, -0.2) is 33.9 Å². The Labute approximate surface area is 154 Å². The highest BCUT2D eigenvalue weighted by molar-refractivity contribution is 5.95. The van der Waals surface area contributed by atoms with Crippen LogP contribution in [0.5, 0.6) is 0 Å². The third-order valence-corrected chi connectivity index (χ3v) is 4.97. The number of anilines is 2. The summed E-state index contributed by atoms with van der Waals surface area (Å²) in [6.45, 7) is 4.35. The van der Waals surface area contributed by atoms with Crippen molar-refractivity contribution >= 4 is 23.2 Å². The molecule has 1 aromatic carbocycles. The number of aryl methyl sites for hydroxylation is 1. The van der Waals surface area contributed by atoms with Gasteiger partial charge in [-0.3, -0.25) is 14.5 Å². The first-order valence-corrected chi connectivity index (χ1v) is 9.01. The molecule has 0 saturated carbocycles. The van der Waals surface area contributed by atoms with Gasteiger partial charge >= 0.3 is 0 Å². The van der Waals surface area contributed by atoms with E-state index in [9.17, 15) is 9.59 Å². The van der Waals surface area contributed by atoms with Crippen molar-refractivity contribution in [2.24, 2.45) is 7.05 Å².